The van der Waals surface area contributed by atoms with E-state index < -0.39 is 18.0 Å². The first kappa shape index (κ1) is 14.9. The van der Waals surface area contributed by atoms with Crippen LogP contribution in [0.2, 0.25) is 0 Å². The number of aryl methyl sites for hydroxylation is 1. The monoisotopic (exact) mass is 266 g/mol. The number of carbonyl (C=O) groups is 2. The van der Waals surface area contributed by atoms with Crippen molar-refractivity contribution in [3.63, 3.8) is 0 Å². The Morgan fingerprint density at radius 2 is 2.11 bits per heavy atom. The lowest BCUT2D eigenvalue weighted by atomic mass is 10.1. The predicted octanol–water partition coefficient (Wildman–Crippen LogP) is 0.693. The van der Waals surface area contributed by atoms with Crippen molar-refractivity contribution in [3.05, 3.63) is 23.8 Å². The molecule has 7 nitrogen and oxygen atoms in total. The second-order valence-electron chi connectivity index (χ2n) is 4.48. The van der Waals surface area contributed by atoms with Gasteiger partial charge in [-0.3, -0.25) is 0 Å². The van der Waals surface area contributed by atoms with E-state index in [0.29, 0.717) is 11.5 Å². The Bertz CT molecular complexity index is 462. The molecule has 0 fully saturated rings. The molecular formula is C12H18N4O3. The molecule has 2 amide bonds. The average molecular weight is 266 g/mol. The van der Waals surface area contributed by atoms with E-state index >= 15 is 0 Å². The van der Waals surface area contributed by atoms with Gasteiger partial charge in [0.15, 0.2) is 0 Å². The normalized spacial score (nSPS) is 12.0. The molecule has 19 heavy (non-hydrogen) atoms. The van der Waals surface area contributed by atoms with Crippen molar-refractivity contribution in [1.82, 2.24) is 20.6 Å². The standard InChI is InChI=1S/C12H18N4O3/c1-7(2)10(11(17)18)16-12(19)14-6-9-4-5-13-8(3)15-9/h4-5,7,10H,6H2,1-3H3,(H,17,18)(H2,14,16,19)/t10-/m1/s1. The molecule has 0 radical (unpaired) electrons. The first-order valence-electron chi connectivity index (χ1n) is 5.96. The molecule has 0 aliphatic carbocycles. The highest BCUT2D eigenvalue weighted by Crippen LogP contribution is 2.01. The van der Waals surface area contributed by atoms with Crippen molar-refractivity contribution in [1.29, 1.82) is 0 Å². The number of aromatic nitrogens is 2. The van der Waals surface area contributed by atoms with E-state index in [-0.39, 0.29) is 12.5 Å². The number of hydrogen-bond acceptors (Lipinski definition) is 4. The van der Waals surface area contributed by atoms with Gasteiger partial charge in [-0.25, -0.2) is 19.6 Å². The van der Waals surface area contributed by atoms with Gasteiger partial charge in [0.1, 0.15) is 11.9 Å². The zero-order valence-electron chi connectivity index (χ0n) is 11.2. The summed E-state index contributed by atoms with van der Waals surface area (Å²) in [6.45, 7) is 5.43. The molecule has 1 aromatic heterocycles. The fraction of sp³-hybridized carbons (Fsp3) is 0.500. The van der Waals surface area contributed by atoms with Crippen LogP contribution >= 0.6 is 0 Å². The minimum atomic E-state index is -1.05. The minimum Gasteiger partial charge on any atom is -0.480 e. The van der Waals surface area contributed by atoms with Gasteiger partial charge >= 0.3 is 12.0 Å². The molecule has 1 rings (SSSR count). The third kappa shape index (κ3) is 4.90. The van der Waals surface area contributed by atoms with Gasteiger partial charge in [-0.15, -0.1) is 0 Å². The van der Waals surface area contributed by atoms with Crippen LogP contribution in [0.1, 0.15) is 25.4 Å². The van der Waals surface area contributed by atoms with Crippen molar-refractivity contribution < 1.29 is 14.7 Å². The SMILES string of the molecule is Cc1nccc(CNC(=O)N[C@@H](C(=O)O)C(C)C)n1. The van der Waals surface area contributed by atoms with Crippen LogP contribution in [0.5, 0.6) is 0 Å². The molecular weight excluding hydrogens is 248 g/mol. The highest BCUT2D eigenvalue weighted by molar-refractivity contribution is 5.82. The van der Waals surface area contributed by atoms with E-state index in [0.717, 1.165) is 0 Å². The van der Waals surface area contributed by atoms with Crippen molar-refractivity contribution in [3.8, 4) is 0 Å². The van der Waals surface area contributed by atoms with E-state index in [1.54, 1.807) is 33.0 Å². The summed E-state index contributed by atoms with van der Waals surface area (Å²) in [5, 5.41) is 13.9. The summed E-state index contributed by atoms with van der Waals surface area (Å²) >= 11 is 0. The number of nitrogens with one attached hydrogen (secondary N) is 2. The summed E-state index contributed by atoms with van der Waals surface area (Å²) in [7, 11) is 0. The lowest BCUT2D eigenvalue weighted by Gasteiger charge is -2.18. The number of carboxylic acid groups (broad SMARTS) is 1. The maximum atomic E-state index is 11.6. The Labute approximate surface area is 111 Å². The van der Waals surface area contributed by atoms with Crippen molar-refractivity contribution >= 4 is 12.0 Å². The van der Waals surface area contributed by atoms with Gasteiger partial charge in [-0.1, -0.05) is 13.8 Å². The maximum Gasteiger partial charge on any atom is 0.326 e. The zero-order chi connectivity index (χ0) is 14.4. The second-order valence-corrected chi connectivity index (χ2v) is 4.48. The number of carboxylic acids is 1. The number of aliphatic carboxylic acids is 1. The van der Waals surface area contributed by atoms with E-state index in [2.05, 4.69) is 20.6 Å². The quantitative estimate of drug-likeness (QED) is 0.727. The Morgan fingerprint density at radius 3 is 2.63 bits per heavy atom. The topological polar surface area (TPSA) is 104 Å². The number of carbonyl (C=O) groups excluding carboxylic acids is 1. The lowest BCUT2D eigenvalue weighted by Crippen LogP contribution is -2.48. The van der Waals surface area contributed by atoms with E-state index in [4.69, 9.17) is 5.11 Å². The van der Waals surface area contributed by atoms with Crippen LogP contribution in [0, 0.1) is 12.8 Å². The third-order valence-corrected chi connectivity index (χ3v) is 2.48. The first-order chi connectivity index (χ1) is 8.90. The van der Waals surface area contributed by atoms with Gasteiger partial charge in [0.05, 0.1) is 12.2 Å². The van der Waals surface area contributed by atoms with Gasteiger partial charge in [-0.05, 0) is 18.9 Å². The number of hydrogen-bond donors (Lipinski definition) is 3. The van der Waals surface area contributed by atoms with E-state index in [1.165, 1.54) is 0 Å². The number of nitrogens with zero attached hydrogens (tertiary/aromatic N) is 2. The molecule has 104 valence electrons. The van der Waals surface area contributed by atoms with Crippen LogP contribution in [0.3, 0.4) is 0 Å². The molecule has 0 aliphatic heterocycles. The number of urea groups is 1. The average Bonchev–Trinajstić information content (AvgIpc) is 2.32. The summed E-state index contributed by atoms with van der Waals surface area (Å²) < 4.78 is 0. The molecule has 7 heteroatoms. The molecule has 0 spiro atoms. The molecule has 3 N–H and O–H groups in total. The molecule has 1 atom stereocenters. The largest absolute Gasteiger partial charge is 0.480 e. The summed E-state index contributed by atoms with van der Waals surface area (Å²) in [5.74, 6) is -0.627. The Kier molecular flexibility index (Phi) is 5.23. The summed E-state index contributed by atoms with van der Waals surface area (Å²) in [5.41, 5.74) is 0.666. The van der Waals surface area contributed by atoms with Crippen LogP contribution in [-0.2, 0) is 11.3 Å². The fourth-order valence-corrected chi connectivity index (χ4v) is 1.48. The van der Waals surface area contributed by atoms with E-state index in [1.807, 2.05) is 0 Å². The second kappa shape index (κ2) is 6.67. The summed E-state index contributed by atoms with van der Waals surface area (Å²) in [6, 6.07) is 0.245. The first-order valence-corrected chi connectivity index (χ1v) is 5.96. The summed E-state index contributed by atoms with van der Waals surface area (Å²) in [4.78, 5) is 30.6. The Balaban J connectivity index is 2.49. The molecule has 0 saturated carbocycles. The maximum absolute atomic E-state index is 11.6. The lowest BCUT2D eigenvalue weighted by molar-refractivity contribution is -0.140. The molecule has 0 aliphatic rings. The molecule has 0 unspecified atom stereocenters. The van der Waals surface area contributed by atoms with Gasteiger partial charge in [0, 0.05) is 6.20 Å². The Morgan fingerprint density at radius 1 is 1.42 bits per heavy atom. The van der Waals surface area contributed by atoms with Crippen LogP contribution in [0.15, 0.2) is 12.3 Å². The summed E-state index contributed by atoms with van der Waals surface area (Å²) in [6.07, 6.45) is 1.60. The van der Waals surface area contributed by atoms with Crippen LogP contribution in [-0.4, -0.2) is 33.1 Å². The number of amides is 2. The van der Waals surface area contributed by atoms with Gasteiger partial charge in [0.25, 0.3) is 0 Å². The highest BCUT2D eigenvalue weighted by atomic mass is 16.4. The molecule has 0 saturated heterocycles. The molecule has 1 aromatic rings. The van der Waals surface area contributed by atoms with Crippen molar-refractivity contribution in [2.75, 3.05) is 0 Å². The number of rotatable bonds is 5. The fourth-order valence-electron chi connectivity index (χ4n) is 1.48. The van der Waals surface area contributed by atoms with Crippen LogP contribution < -0.4 is 10.6 Å². The predicted molar refractivity (Wildman–Crippen MR) is 68.4 cm³/mol. The van der Waals surface area contributed by atoms with E-state index in [9.17, 15) is 9.59 Å². The highest BCUT2D eigenvalue weighted by Gasteiger charge is 2.23. The van der Waals surface area contributed by atoms with Gasteiger partial charge < -0.3 is 15.7 Å². The zero-order valence-corrected chi connectivity index (χ0v) is 11.2. The van der Waals surface area contributed by atoms with Crippen LogP contribution in [0.4, 0.5) is 4.79 Å². The molecule has 0 aromatic carbocycles. The Hall–Kier alpha value is -2.18. The minimum absolute atomic E-state index is 0.190. The molecule has 0 bridgehead atoms. The third-order valence-electron chi connectivity index (χ3n) is 2.48. The molecule has 1 heterocycles. The van der Waals surface area contributed by atoms with Gasteiger partial charge in [0.2, 0.25) is 0 Å². The van der Waals surface area contributed by atoms with Crippen molar-refractivity contribution in [2.45, 2.75) is 33.4 Å². The van der Waals surface area contributed by atoms with Gasteiger partial charge in [-0.2, -0.15) is 0 Å². The van der Waals surface area contributed by atoms with Crippen molar-refractivity contribution in [2.24, 2.45) is 5.92 Å². The smallest absolute Gasteiger partial charge is 0.326 e. The van der Waals surface area contributed by atoms with Crippen LogP contribution in [0.25, 0.3) is 0 Å².